The Bertz CT molecular complexity index is 885. The number of benzene rings is 2. The molecule has 0 saturated heterocycles. The molecule has 0 aliphatic heterocycles. The van der Waals surface area contributed by atoms with Gasteiger partial charge in [-0.3, -0.25) is 9.59 Å². The van der Waals surface area contributed by atoms with E-state index in [0.717, 1.165) is 0 Å². The molecule has 0 unspecified atom stereocenters. The van der Waals surface area contributed by atoms with Crippen molar-refractivity contribution in [3.8, 4) is 0 Å². The first kappa shape index (κ1) is 22.5. The molecule has 0 aromatic heterocycles. The van der Waals surface area contributed by atoms with Crippen molar-refractivity contribution in [2.24, 2.45) is 0 Å². The van der Waals surface area contributed by atoms with Crippen molar-refractivity contribution in [3.05, 3.63) is 76.4 Å². The summed E-state index contributed by atoms with van der Waals surface area (Å²) in [5.41, 5.74) is 0.944. The lowest BCUT2D eigenvalue weighted by Crippen LogP contribution is -2.44. The van der Waals surface area contributed by atoms with E-state index >= 15 is 0 Å². The number of carbonyl (C=O) groups is 3. The summed E-state index contributed by atoms with van der Waals surface area (Å²) in [4.78, 5) is 36.7. The van der Waals surface area contributed by atoms with Gasteiger partial charge < -0.3 is 15.7 Å². The Morgan fingerprint density at radius 3 is 2.34 bits per heavy atom. The van der Waals surface area contributed by atoms with Gasteiger partial charge in [-0.15, -0.1) is 0 Å². The Labute approximate surface area is 178 Å². The highest BCUT2D eigenvalue weighted by Gasteiger charge is 2.22. The number of thioether (sulfide) groups is 1. The predicted octanol–water partition coefficient (Wildman–Crippen LogP) is 3.43. The second-order valence-electron chi connectivity index (χ2n) is 6.08. The Hall–Kier alpha value is -2.77. The standard InChI is InChI=1S/C21H21ClN2O4S/c1-29-12-11-17(21(27)28)23-20(26)18(13-14-7-9-16(22)10-8-14)24-19(25)15-5-3-2-4-6-15/h2-10,13,17H,11-12H2,1H3,(H,23,26)(H,24,25)(H,27,28)/b18-13+/t17-/m1/s1. The average molecular weight is 433 g/mol. The Morgan fingerprint density at radius 1 is 1.10 bits per heavy atom. The van der Waals surface area contributed by atoms with Crippen LogP contribution in [0.5, 0.6) is 0 Å². The van der Waals surface area contributed by atoms with Gasteiger partial charge in [-0.2, -0.15) is 11.8 Å². The normalized spacial score (nSPS) is 12.1. The van der Waals surface area contributed by atoms with Gasteiger partial charge in [0.2, 0.25) is 0 Å². The molecule has 2 aromatic rings. The maximum absolute atomic E-state index is 12.8. The molecular weight excluding hydrogens is 412 g/mol. The summed E-state index contributed by atoms with van der Waals surface area (Å²) in [6.45, 7) is 0. The molecule has 2 amide bonds. The molecule has 29 heavy (non-hydrogen) atoms. The number of hydrogen-bond acceptors (Lipinski definition) is 4. The van der Waals surface area contributed by atoms with Gasteiger partial charge in [0.25, 0.3) is 11.8 Å². The SMILES string of the molecule is CSCC[C@@H](NC(=O)/C(=C\c1ccc(Cl)cc1)NC(=O)c1ccccc1)C(=O)O. The Morgan fingerprint density at radius 2 is 1.76 bits per heavy atom. The highest BCUT2D eigenvalue weighted by Crippen LogP contribution is 2.13. The Kier molecular flexibility index (Phi) is 8.76. The van der Waals surface area contributed by atoms with Gasteiger partial charge in [-0.1, -0.05) is 41.9 Å². The number of hydrogen-bond donors (Lipinski definition) is 3. The molecule has 1 atom stereocenters. The molecule has 3 N–H and O–H groups in total. The second kappa shape index (κ2) is 11.3. The topological polar surface area (TPSA) is 95.5 Å². The highest BCUT2D eigenvalue weighted by molar-refractivity contribution is 7.98. The number of carboxylic acid groups (broad SMARTS) is 1. The highest BCUT2D eigenvalue weighted by atomic mass is 35.5. The molecule has 0 fully saturated rings. The summed E-state index contributed by atoms with van der Waals surface area (Å²) >= 11 is 7.37. The van der Waals surface area contributed by atoms with E-state index in [2.05, 4.69) is 10.6 Å². The van der Waals surface area contributed by atoms with Crippen LogP contribution in [0, 0.1) is 0 Å². The third-order valence-electron chi connectivity index (χ3n) is 3.92. The van der Waals surface area contributed by atoms with Crippen LogP contribution in [0.2, 0.25) is 5.02 Å². The lowest BCUT2D eigenvalue weighted by Gasteiger charge is -2.16. The van der Waals surface area contributed by atoms with E-state index < -0.39 is 23.8 Å². The maximum Gasteiger partial charge on any atom is 0.326 e. The smallest absolute Gasteiger partial charge is 0.326 e. The number of aliphatic carboxylic acids is 1. The molecule has 0 saturated carbocycles. The first-order valence-corrected chi connectivity index (χ1v) is 10.5. The number of amides is 2. The summed E-state index contributed by atoms with van der Waals surface area (Å²) in [5, 5.41) is 15.0. The summed E-state index contributed by atoms with van der Waals surface area (Å²) in [5.74, 6) is -1.72. The summed E-state index contributed by atoms with van der Waals surface area (Å²) < 4.78 is 0. The van der Waals surface area contributed by atoms with Crippen molar-refractivity contribution in [1.29, 1.82) is 0 Å². The van der Waals surface area contributed by atoms with Crippen molar-refractivity contribution >= 4 is 47.2 Å². The van der Waals surface area contributed by atoms with Gasteiger partial charge in [0.05, 0.1) is 0 Å². The molecule has 0 aliphatic carbocycles. The first-order chi connectivity index (χ1) is 13.9. The maximum atomic E-state index is 12.8. The predicted molar refractivity (Wildman–Crippen MR) is 116 cm³/mol. The van der Waals surface area contributed by atoms with E-state index in [1.54, 1.807) is 54.6 Å². The second-order valence-corrected chi connectivity index (χ2v) is 7.50. The minimum Gasteiger partial charge on any atom is -0.480 e. The van der Waals surface area contributed by atoms with Gasteiger partial charge in [0, 0.05) is 10.6 Å². The van der Waals surface area contributed by atoms with Crippen LogP contribution in [0.15, 0.2) is 60.3 Å². The van der Waals surface area contributed by atoms with Crippen LogP contribution in [-0.4, -0.2) is 40.9 Å². The fraction of sp³-hybridized carbons (Fsp3) is 0.190. The largest absolute Gasteiger partial charge is 0.480 e. The summed E-state index contributed by atoms with van der Waals surface area (Å²) in [6, 6.07) is 14.0. The van der Waals surface area contributed by atoms with E-state index in [9.17, 15) is 19.5 Å². The van der Waals surface area contributed by atoms with E-state index in [0.29, 0.717) is 21.9 Å². The van der Waals surface area contributed by atoms with Gasteiger partial charge in [0.1, 0.15) is 11.7 Å². The number of carboxylic acids is 1. The quantitative estimate of drug-likeness (QED) is 0.527. The molecule has 2 aromatic carbocycles. The molecule has 152 valence electrons. The lowest BCUT2D eigenvalue weighted by atomic mass is 10.1. The first-order valence-electron chi connectivity index (χ1n) is 8.77. The van der Waals surface area contributed by atoms with E-state index in [4.69, 9.17) is 11.6 Å². The minimum atomic E-state index is -1.13. The average Bonchev–Trinajstić information content (AvgIpc) is 2.72. The van der Waals surface area contributed by atoms with Gasteiger partial charge in [-0.25, -0.2) is 4.79 Å². The van der Waals surface area contributed by atoms with E-state index in [1.807, 2.05) is 6.26 Å². The van der Waals surface area contributed by atoms with Crippen LogP contribution < -0.4 is 10.6 Å². The number of halogens is 1. The van der Waals surface area contributed by atoms with Crippen molar-refractivity contribution in [1.82, 2.24) is 10.6 Å². The van der Waals surface area contributed by atoms with E-state index in [1.165, 1.54) is 17.8 Å². The molecule has 0 heterocycles. The zero-order valence-corrected chi connectivity index (χ0v) is 17.3. The molecule has 0 radical (unpaired) electrons. The molecule has 6 nitrogen and oxygen atoms in total. The molecular formula is C21H21ClN2O4S. The zero-order chi connectivity index (χ0) is 21.2. The van der Waals surface area contributed by atoms with Crippen LogP contribution in [0.3, 0.4) is 0 Å². The van der Waals surface area contributed by atoms with Crippen molar-refractivity contribution < 1.29 is 19.5 Å². The fourth-order valence-corrected chi connectivity index (χ4v) is 2.99. The summed E-state index contributed by atoms with van der Waals surface area (Å²) in [6.07, 6.45) is 3.59. The lowest BCUT2D eigenvalue weighted by molar-refractivity contribution is -0.141. The van der Waals surface area contributed by atoms with Crippen LogP contribution in [0.4, 0.5) is 0 Å². The molecule has 0 bridgehead atoms. The number of nitrogens with one attached hydrogen (secondary N) is 2. The molecule has 0 aliphatic rings. The van der Waals surface area contributed by atoms with Crippen molar-refractivity contribution in [2.45, 2.75) is 12.5 Å². The minimum absolute atomic E-state index is 0.0587. The van der Waals surface area contributed by atoms with E-state index in [-0.39, 0.29) is 12.1 Å². The van der Waals surface area contributed by atoms with Gasteiger partial charge >= 0.3 is 5.97 Å². The summed E-state index contributed by atoms with van der Waals surface area (Å²) in [7, 11) is 0. The van der Waals surface area contributed by atoms with Crippen LogP contribution in [0.25, 0.3) is 6.08 Å². The third kappa shape index (κ3) is 7.29. The Balaban J connectivity index is 2.27. The molecule has 8 heteroatoms. The third-order valence-corrected chi connectivity index (χ3v) is 4.82. The van der Waals surface area contributed by atoms with Crippen LogP contribution in [-0.2, 0) is 9.59 Å². The van der Waals surface area contributed by atoms with Crippen molar-refractivity contribution in [2.75, 3.05) is 12.0 Å². The number of rotatable bonds is 9. The van der Waals surface area contributed by atoms with Crippen molar-refractivity contribution in [3.63, 3.8) is 0 Å². The monoisotopic (exact) mass is 432 g/mol. The molecule has 2 rings (SSSR count). The fourth-order valence-electron chi connectivity index (χ4n) is 2.40. The van der Waals surface area contributed by atoms with Gasteiger partial charge in [-0.05, 0) is 54.3 Å². The van der Waals surface area contributed by atoms with Crippen LogP contribution >= 0.6 is 23.4 Å². The van der Waals surface area contributed by atoms with Gasteiger partial charge in [0.15, 0.2) is 0 Å². The molecule has 0 spiro atoms. The van der Waals surface area contributed by atoms with Crippen LogP contribution in [0.1, 0.15) is 22.3 Å². The zero-order valence-electron chi connectivity index (χ0n) is 15.7. The number of carbonyl (C=O) groups excluding carboxylic acids is 2.